The van der Waals surface area contributed by atoms with Gasteiger partial charge in [-0.2, -0.15) is 18.4 Å². The normalized spacial score (nSPS) is 12.6. The summed E-state index contributed by atoms with van der Waals surface area (Å²) in [6.07, 6.45) is -16.2. The molecule has 2 N–H and O–H groups in total. The number of rotatable bonds is 8. The molecule has 8 nitrogen and oxygen atoms in total. The van der Waals surface area contributed by atoms with Crippen molar-refractivity contribution >= 4 is 5.91 Å². The van der Waals surface area contributed by atoms with Crippen molar-refractivity contribution in [3.63, 3.8) is 0 Å². The summed E-state index contributed by atoms with van der Waals surface area (Å²) in [5.41, 5.74) is -5.31. The molecule has 0 bridgehead atoms. The van der Waals surface area contributed by atoms with Crippen LogP contribution in [0.25, 0.3) is 0 Å². The smallest absolute Gasteiger partial charge is 0.406 e. The standard InChI is InChI=1S/C25H15F10N5O3/c26-19-8-7-13(9-18(19)23(27,28)29)21(41)36-22(12-20-37-39-40-38-20,14-3-1-5-16(10-14)42-24(30,31)32)15-4-2-6-17(11-15)43-25(33,34)35/h1-11H,12H2,(H,36,41)(H,37,38,39,40). The van der Waals surface area contributed by atoms with Gasteiger partial charge in [-0.25, -0.2) is 4.39 Å². The summed E-state index contributed by atoms with van der Waals surface area (Å²) < 4.78 is 140. The highest BCUT2D eigenvalue weighted by Gasteiger charge is 2.41. The fourth-order valence-corrected chi connectivity index (χ4v) is 4.12. The molecule has 1 amide bonds. The molecule has 4 aromatic rings. The van der Waals surface area contributed by atoms with E-state index < -0.39 is 65.2 Å². The number of halogens is 10. The monoisotopic (exact) mass is 623 g/mol. The van der Waals surface area contributed by atoms with Crippen LogP contribution >= 0.6 is 0 Å². The van der Waals surface area contributed by atoms with Crippen molar-refractivity contribution in [2.45, 2.75) is 30.9 Å². The zero-order valence-corrected chi connectivity index (χ0v) is 20.9. The molecule has 228 valence electrons. The van der Waals surface area contributed by atoms with Crippen LogP contribution in [0.1, 0.15) is 32.9 Å². The second-order valence-corrected chi connectivity index (χ2v) is 8.71. The van der Waals surface area contributed by atoms with E-state index in [-0.39, 0.29) is 23.0 Å². The summed E-state index contributed by atoms with van der Waals surface area (Å²) in [7, 11) is 0. The molecule has 0 aliphatic heterocycles. The number of aromatic nitrogens is 4. The van der Waals surface area contributed by atoms with Crippen molar-refractivity contribution in [1.82, 2.24) is 25.9 Å². The number of hydrogen-bond donors (Lipinski definition) is 2. The van der Waals surface area contributed by atoms with Crippen LogP contribution < -0.4 is 14.8 Å². The molecule has 0 atom stereocenters. The van der Waals surface area contributed by atoms with Gasteiger partial charge in [0.15, 0.2) is 5.82 Å². The number of benzene rings is 3. The molecule has 3 aromatic carbocycles. The van der Waals surface area contributed by atoms with Gasteiger partial charge in [0.25, 0.3) is 5.91 Å². The van der Waals surface area contributed by atoms with Crippen LogP contribution in [0.3, 0.4) is 0 Å². The number of carbonyl (C=O) groups is 1. The minimum atomic E-state index is -5.21. The van der Waals surface area contributed by atoms with Crippen LogP contribution in [-0.2, 0) is 18.1 Å². The molecule has 4 rings (SSSR count). The number of alkyl halides is 9. The quantitative estimate of drug-likeness (QED) is 0.231. The molecule has 1 heterocycles. The van der Waals surface area contributed by atoms with Crippen molar-refractivity contribution in [3.05, 3.63) is 101 Å². The van der Waals surface area contributed by atoms with Gasteiger partial charge in [-0.1, -0.05) is 29.5 Å². The molecule has 43 heavy (non-hydrogen) atoms. The minimum absolute atomic E-state index is 0.191. The summed E-state index contributed by atoms with van der Waals surface area (Å²) in [6.45, 7) is 0. The third-order valence-corrected chi connectivity index (χ3v) is 5.79. The minimum Gasteiger partial charge on any atom is -0.406 e. The number of ether oxygens (including phenoxy) is 2. The molecule has 0 spiro atoms. The Bertz CT molecular complexity index is 1530. The highest BCUT2D eigenvalue weighted by molar-refractivity contribution is 5.95. The van der Waals surface area contributed by atoms with E-state index in [9.17, 15) is 48.7 Å². The Morgan fingerprint density at radius 1 is 0.791 bits per heavy atom. The first-order valence-corrected chi connectivity index (χ1v) is 11.6. The third kappa shape index (κ3) is 7.69. The molecule has 0 fully saturated rings. The zero-order valence-electron chi connectivity index (χ0n) is 20.9. The topological polar surface area (TPSA) is 102 Å². The van der Waals surface area contributed by atoms with Gasteiger partial charge < -0.3 is 14.8 Å². The van der Waals surface area contributed by atoms with Gasteiger partial charge in [0, 0.05) is 12.0 Å². The Morgan fingerprint density at radius 3 is 1.81 bits per heavy atom. The van der Waals surface area contributed by atoms with Crippen molar-refractivity contribution in [3.8, 4) is 11.5 Å². The van der Waals surface area contributed by atoms with E-state index in [1.807, 2.05) is 0 Å². The molecular weight excluding hydrogens is 608 g/mol. The van der Waals surface area contributed by atoms with Gasteiger partial charge in [0.2, 0.25) is 0 Å². The molecule has 0 aliphatic carbocycles. The Hall–Kier alpha value is -4.90. The van der Waals surface area contributed by atoms with E-state index >= 15 is 0 Å². The maximum absolute atomic E-state index is 13.9. The number of aromatic amines is 1. The lowest BCUT2D eigenvalue weighted by Crippen LogP contribution is -2.49. The van der Waals surface area contributed by atoms with Crippen LogP contribution in [0.4, 0.5) is 43.9 Å². The Morgan fingerprint density at radius 2 is 1.35 bits per heavy atom. The number of nitrogens with one attached hydrogen (secondary N) is 2. The molecular formula is C25H15F10N5O3. The number of amides is 1. The zero-order chi connectivity index (χ0) is 31.6. The van der Waals surface area contributed by atoms with Gasteiger partial charge in [0.1, 0.15) is 17.3 Å². The number of carbonyl (C=O) groups excluding carboxylic acids is 1. The average molecular weight is 623 g/mol. The molecule has 1 aromatic heterocycles. The molecule has 0 saturated heterocycles. The fraction of sp³-hybridized carbons (Fsp3) is 0.200. The first kappa shape index (κ1) is 31.0. The highest BCUT2D eigenvalue weighted by atomic mass is 19.4. The lowest BCUT2D eigenvalue weighted by molar-refractivity contribution is -0.275. The van der Waals surface area contributed by atoms with E-state index in [1.54, 1.807) is 0 Å². The average Bonchev–Trinajstić information content (AvgIpc) is 3.39. The van der Waals surface area contributed by atoms with Crippen molar-refractivity contribution in [2.24, 2.45) is 0 Å². The van der Waals surface area contributed by atoms with Gasteiger partial charge in [-0.3, -0.25) is 4.79 Å². The summed E-state index contributed by atoms with van der Waals surface area (Å²) in [6, 6.07) is 9.04. The van der Waals surface area contributed by atoms with Crippen LogP contribution in [0, 0.1) is 5.82 Å². The van der Waals surface area contributed by atoms with Crippen LogP contribution in [-0.4, -0.2) is 39.3 Å². The third-order valence-electron chi connectivity index (χ3n) is 5.79. The summed E-state index contributed by atoms with van der Waals surface area (Å²) in [5.74, 6) is -4.91. The SMILES string of the molecule is O=C(NC(Cc1nn[nH]n1)(c1cccc(OC(F)(F)F)c1)c1cccc(OC(F)(F)F)c1)c1ccc(F)c(C(F)(F)F)c1. The number of hydrogen-bond acceptors (Lipinski definition) is 6. The Kier molecular flexibility index (Phi) is 8.24. The van der Waals surface area contributed by atoms with Crippen molar-refractivity contribution in [1.29, 1.82) is 0 Å². The highest BCUT2D eigenvalue weighted by Crippen LogP contribution is 2.38. The molecule has 0 radical (unpaired) electrons. The van der Waals surface area contributed by atoms with E-state index in [1.165, 1.54) is 0 Å². The van der Waals surface area contributed by atoms with E-state index in [4.69, 9.17) is 0 Å². The Labute approximate surface area is 233 Å². The van der Waals surface area contributed by atoms with Gasteiger partial charge in [-0.05, 0) is 53.6 Å². The summed E-state index contributed by atoms with van der Waals surface area (Å²) in [4.78, 5) is 13.5. The van der Waals surface area contributed by atoms with Crippen molar-refractivity contribution < 1.29 is 58.2 Å². The molecule has 18 heteroatoms. The second-order valence-electron chi connectivity index (χ2n) is 8.71. The lowest BCUT2D eigenvalue weighted by Gasteiger charge is -2.36. The van der Waals surface area contributed by atoms with E-state index in [0.29, 0.717) is 12.1 Å². The molecule has 0 unspecified atom stereocenters. The maximum Gasteiger partial charge on any atom is 0.573 e. The van der Waals surface area contributed by atoms with Crippen molar-refractivity contribution in [2.75, 3.05) is 0 Å². The lowest BCUT2D eigenvalue weighted by atomic mass is 9.79. The number of H-pyrrole nitrogens is 1. The van der Waals surface area contributed by atoms with Gasteiger partial charge in [0.05, 0.1) is 11.1 Å². The maximum atomic E-state index is 13.9. The largest absolute Gasteiger partial charge is 0.573 e. The van der Waals surface area contributed by atoms with Crippen LogP contribution in [0.5, 0.6) is 11.5 Å². The van der Waals surface area contributed by atoms with E-state index in [0.717, 1.165) is 48.5 Å². The van der Waals surface area contributed by atoms with Gasteiger partial charge >= 0.3 is 18.9 Å². The predicted octanol–water partition coefficient (Wildman–Crippen LogP) is 6.07. The molecule has 0 saturated carbocycles. The van der Waals surface area contributed by atoms with E-state index in [2.05, 4.69) is 35.4 Å². The predicted molar refractivity (Wildman–Crippen MR) is 124 cm³/mol. The second kappa shape index (κ2) is 11.4. The van der Waals surface area contributed by atoms with Crippen LogP contribution in [0.2, 0.25) is 0 Å². The first-order chi connectivity index (χ1) is 20.0. The Balaban J connectivity index is 1.94. The first-order valence-electron chi connectivity index (χ1n) is 11.6. The summed E-state index contributed by atoms with van der Waals surface area (Å²) in [5, 5.41) is 15.3. The fourth-order valence-electron chi connectivity index (χ4n) is 4.12. The molecule has 0 aliphatic rings. The number of tetrazole rings is 1. The summed E-state index contributed by atoms with van der Waals surface area (Å²) >= 11 is 0. The van der Waals surface area contributed by atoms with Crippen LogP contribution in [0.15, 0.2) is 66.7 Å². The van der Waals surface area contributed by atoms with Gasteiger partial charge in [-0.15, -0.1) is 36.5 Å². The number of nitrogens with zero attached hydrogens (tertiary/aromatic N) is 3.